The van der Waals surface area contributed by atoms with E-state index in [0.29, 0.717) is 11.6 Å². The van der Waals surface area contributed by atoms with Gasteiger partial charge in [0.15, 0.2) is 5.82 Å². The predicted molar refractivity (Wildman–Crippen MR) is 106 cm³/mol. The molecule has 0 saturated heterocycles. The molecule has 0 aliphatic heterocycles. The van der Waals surface area contributed by atoms with Crippen molar-refractivity contribution in [3.63, 3.8) is 0 Å². The maximum Gasteiger partial charge on any atom is 0.154 e. The van der Waals surface area contributed by atoms with E-state index in [-0.39, 0.29) is 0 Å². The third-order valence-electron chi connectivity index (χ3n) is 4.27. The first-order valence-electron chi connectivity index (χ1n) is 8.52. The molecule has 0 radical (unpaired) electrons. The third kappa shape index (κ3) is 3.39. The molecule has 4 rings (SSSR count). The second-order valence-electron chi connectivity index (χ2n) is 6.50. The molecule has 0 aliphatic carbocycles. The summed E-state index contributed by atoms with van der Waals surface area (Å²) in [6, 6.07) is 7.72. The zero-order chi connectivity index (χ0) is 19.0. The largest absolute Gasteiger partial charge is 0.323 e. The second kappa shape index (κ2) is 6.60. The van der Waals surface area contributed by atoms with Gasteiger partial charge >= 0.3 is 0 Å². The van der Waals surface area contributed by atoms with Gasteiger partial charge in [0, 0.05) is 36.1 Å². The number of nitrogens with one attached hydrogen (secondary N) is 1. The number of allylic oxidation sites excluding steroid dienone is 1. The highest BCUT2D eigenvalue weighted by molar-refractivity contribution is 5.82. The topological polar surface area (TPSA) is 81.4 Å². The number of rotatable bonds is 4. The molecule has 27 heavy (non-hydrogen) atoms. The highest BCUT2D eigenvalue weighted by atomic mass is 15.2. The van der Waals surface area contributed by atoms with E-state index in [9.17, 15) is 0 Å². The summed E-state index contributed by atoms with van der Waals surface area (Å²) in [5.74, 6) is 1.30. The lowest BCUT2D eigenvalue weighted by molar-refractivity contribution is 0.756. The summed E-state index contributed by atoms with van der Waals surface area (Å²) in [6.45, 7) is 7.85. The van der Waals surface area contributed by atoms with Crippen molar-refractivity contribution in [2.75, 3.05) is 5.32 Å². The van der Waals surface area contributed by atoms with Crippen LogP contribution in [-0.2, 0) is 7.05 Å². The Balaban J connectivity index is 1.70. The number of aryl methyl sites for hydroxylation is 2. The van der Waals surface area contributed by atoms with E-state index in [4.69, 9.17) is 0 Å². The summed E-state index contributed by atoms with van der Waals surface area (Å²) in [4.78, 5) is 9.20. The lowest BCUT2D eigenvalue weighted by Gasteiger charge is -2.07. The smallest absolute Gasteiger partial charge is 0.154 e. The van der Waals surface area contributed by atoms with E-state index in [0.717, 1.165) is 39.0 Å². The fourth-order valence-corrected chi connectivity index (χ4v) is 2.90. The van der Waals surface area contributed by atoms with Crippen LogP contribution >= 0.6 is 0 Å². The average Bonchev–Trinajstić information content (AvgIpc) is 2.99. The van der Waals surface area contributed by atoms with Gasteiger partial charge in [-0.15, -0.1) is 5.10 Å². The van der Waals surface area contributed by atoms with Gasteiger partial charge in [-0.1, -0.05) is 6.58 Å². The molecule has 0 aliphatic rings. The monoisotopic (exact) mass is 357 g/mol. The maximum atomic E-state index is 4.68. The van der Waals surface area contributed by atoms with Crippen molar-refractivity contribution < 1.29 is 0 Å². The van der Waals surface area contributed by atoms with Crippen molar-refractivity contribution >= 4 is 28.2 Å². The average molecular weight is 357 g/mol. The highest BCUT2D eigenvalue weighted by Gasteiger charge is 2.09. The molecule has 134 valence electrons. The van der Waals surface area contributed by atoms with Gasteiger partial charge < -0.3 is 5.32 Å². The number of hydrogen-bond donors (Lipinski definition) is 1. The van der Waals surface area contributed by atoms with Crippen LogP contribution in [0.4, 0.5) is 11.6 Å². The molecule has 0 saturated carbocycles. The van der Waals surface area contributed by atoms with Crippen LogP contribution < -0.4 is 5.32 Å². The summed E-state index contributed by atoms with van der Waals surface area (Å²) in [5.41, 5.74) is 6.48. The van der Waals surface area contributed by atoms with Crippen LogP contribution in [0.25, 0.3) is 27.7 Å². The van der Waals surface area contributed by atoms with Gasteiger partial charge in [0.2, 0.25) is 0 Å². The Hall–Kier alpha value is -3.61. The third-order valence-corrected chi connectivity index (χ3v) is 4.27. The summed E-state index contributed by atoms with van der Waals surface area (Å²) in [5, 5.41) is 15.7. The molecule has 0 spiro atoms. The molecule has 7 nitrogen and oxygen atoms in total. The minimum Gasteiger partial charge on any atom is -0.323 e. The van der Waals surface area contributed by atoms with Gasteiger partial charge in [0.25, 0.3) is 0 Å². The molecular formula is C20H19N7. The minimum atomic E-state index is 0.620. The van der Waals surface area contributed by atoms with Crippen molar-refractivity contribution in [2.24, 2.45) is 7.05 Å². The summed E-state index contributed by atoms with van der Waals surface area (Å²) in [6.07, 6.45) is 5.52. The van der Waals surface area contributed by atoms with Crippen molar-refractivity contribution in [2.45, 2.75) is 13.8 Å². The van der Waals surface area contributed by atoms with Crippen molar-refractivity contribution in [1.82, 2.24) is 29.9 Å². The van der Waals surface area contributed by atoms with E-state index < -0.39 is 0 Å². The zero-order valence-corrected chi connectivity index (χ0v) is 15.4. The van der Waals surface area contributed by atoms with Crippen molar-refractivity contribution in [3.8, 4) is 11.1 Å². The van der Waals surface area contributed by atoms with Crippen LogP contribution in [0.2, 0.25) is 0 Å². The normalized spacial score (nSPS) is 10.9. The van der Waals surface area contributed by atoms with E-state index >= 15 is 0 Å². The molecule has 4 heterocycles. The van der Waals surface area contributed by atoms with E-state index in [2.05, 4.69) is 37.2 Å². The van der Waals surface area contributed by atoms with Crippen LogP contribution in [0.1, 0.15) is 18.2 Å². The Bertz CT molecular complexity index is 1160. The van der Waals surface area contributed by atoms with Gasteiger partial charge in [0.05, 0.1) is 22.9 Å². The maximum absolute atomic E-state index is 4.68. The van der Waals surface area contributed by atoms with Gasteiger partial charge in [-0.2, -0.15) is 10.2 Å². The molecule has 4 aromatic rings. The standard InChI is InChI=1S/C20H19N7/c1-12(2)14-8-20(25-22-10-14)24-19-6-5-17-18(23-19)7-15(9-21-17)16-11-27(4)26-13(16)3/h5-11H,1H2,2-4H3,(H,23,24,25). The molecule has 0 fully saturated rings. The molecule has 0 atom stereocenters. The van der Waals surface area contributed by atoms with Crippen LogP contribution in [0.5, 0.6) is 0 Å². The Labute approximate surface area is 156 Å². The quantitative estimate of drug-likeness (QED) is 0.596. The van der Waals surface area contributed by atoms with Crippen molar-refractivity contribution in [1.29, 1.82) is 0 Å². The van der Waals surface area contributed by atoms with E-state index in [1.54, 1.807) is 10.9 Å². The lowest BCUT2D eigenvalue weighted by atomic mass is 10.1. The zero-order valence-electron chi connectivity index (χ0n) is 15.4. The molecule has 0 unspecified atom stereocenters. The van der Waals surface area contributed by atoms with Crippen LogP contribution in [0.15, 0.2) is 49.4 Å². The summed E-state index contributed by atoms with van der Waals surface area (Å²) >= 11 is 0. The molecule has 7 heteroatoms. The van der Waals surface area contributed by atoms with Gasteiger partial charge in [-0.25, -0.2) is 4.98 Å². The number of anilines is 2. The van der Waals surface area contributed by atoms with E-state index in [1.807, 2.05) is 57.6 Å². The Morgan fingerprint density at radius 3 is 2.70 bits per heavy atom. The van der Waals surface area contributed by atoms with Crippen LogP contribution in [-0.4, -0.2) is 29.9 Å². The first-order chi connectivity index (χ1) is 13.0. The number of fused-ring (bicyclic) bond motifs is 1. The Morgan fingerprint density at radius 1 is 1.11 bits per heavy atom. The molecule has 4 aromatic heterocycles. The number of hydrogen-bond acceptors (Lipinski definition) is 6. The lowest BCUT2D eigenvalue weighted by Crippen LogP contribution is -1.99. The predicted octanol–water partition coefficient (Wildman–Crippen LogP) is 3.91. The molecule has 0 bridgehead atoms. The number of aromatic nitrogens is 6. The molecule has 0 aromatic carbocycles. The van der Waals surface area contributed by atoms with E-state index in [1.165, 1.54) is 0 Å². The first-order valence-corrected chi connectivity index (χ1v) is 8.52. The fraction of sp³-hybridized carbons (Fsp3) is 0.150. The number of pyridine rings is 2. The summed E-state index contributed by atoms with van der Waals surface area (Å²) < 4.78 is 1.80. The minimum absolute atomic E-state index is 0.620. The fourth-order valence-electron chi connectivity index (χ4n) is 2.90. The second-order valence-corrected chi connectivity index (χ2v) is 6.50. The first kappa shape index (κ1) is 16.8. The van der Waals surface area contributed by atoms with Crippen LogP contribution in [0.3, 0.4) is 0 Å². The number of nitrogens with zero attached hydrogens (tertiary/aromatic N) is 6. The highest BCUT2D eigenvalue weighted by Crippen LogP contribution is 2.25. The van der Waals surface area contributed by atoms with Crippen LogP contribution in [0, 0.1) is 6.92 Å². The van der Waals surface area contributed by atoms with Gasteiger partial charge in [-0.05, 0) is 43.7 Å². The molecular weight excluding hydrogens is 338 g/mol. The SMILES string of the molecule is C=C(C)c1cnnc(Nc2ccc3ncc(-c4cn(C)nc4C)cc3n2)c1. The Kier molecular flexibility index (Phi) is 4.12. The van der Waals surface area contributed by atoms with Gasteiger partial charge in [-0.3, -0.25) is 9.67 Å². The summed E-state index contributed by atoms with van der Waals surface area (Å²) in [7, 11) is 1.91. The van der Waals surface area contributed by atoms with Gasteiger partial charge in [0.1, 0.15) is 5.82 Å². The Morgan fingerprint density at radius 2 is 1.96 bits per heavy atom. The molecule has 0 amide bonds. The van der Waals surface area contributed by atoms with Crippen molar-refractivity contribution in [3.05, 3.63) is 60.7 Å². The molecule has 1 N–H and O–H groups in total.